The van der Waals surface area contributed by atoms with Crippen molar-refractivity contribution in [2.24, 2.45) is 0 Å². The minimum absolute atomic E-state index is 0.409. The van der Waals surface area contributed by atoms with Gasteiger partial charge < -0.3 is 9.76 Å². The van der Waals surface area contributed by atoms with Gasteiger partial charge in [-0.2, -0.15) is 0 Å². The zero-order chi connectivity index (χ0) is 19.4. The highest BCUT2D eigenvalue weighted by molar-refractivity contribution is 7.26. The number of hydrogen-bond acceptors (Lipinski definition) is 3. The Kier molecular flexibility index (Phi) is 4.51. The molecule has 0 saturated heterocycles. The molecule has 138 valence electrons. The number of fused-ring (bicyclic) bond motifs is 4. The maximum atomic E-state index is 10.5. The summed E-state index contributed by atoms with van der Waals surface area (Å²) in [5, 5.41) is 15.8. The lowest BCUT2D eigenvalue weighted by molar-refractivity contribution is -0.0892. The summed E-state index contributed by atoms with van der Waals surface area (Å²) >= 11 is 8.53. The van der Waals surface area contributed by atoms with Crippen LogP contribution in [-0.4, -0.2) is 23.8 Å². The molecule has 0 saturated carbocycles. The number of rotatable bonds is 4. The van der Waals surface area contributed by atoms with Crippen molar-refractivity contribution in [1.82, 2.24) is 0 Å². The van der Waals surface area contributed by atoms with E-state index in [2.05, 4.69) is 36.4 Å². The Balaban J connectivity index is 2.00. The maximum Gasteiger partial charge on any atom is 0.310 e. The standard InChI is InChI=1S/C22H22BClO2S/c1-21(2,25)22(3,4)26-23-18-13-9-5-6-10-14(13)19(24)20-17(18)15-11-7-8-12-16(15)27-20/h5-12,23,25H,1-4H3. The molecule has 0 radical (unpaired) electrons. The van der Waals surface area contributed by atoms with Crippen LogP contribution in [0.25, 0.3) is 30.9 Å². The van der Waals surface area contributed by atoms with Crippen molar-refractivity contribution in [2.75, 3.05) is 0 Å². The Hall–Kier alpha value is -1.59. The van der Waals surface area contributed by atoms with Crippen LogP contribution in [0, 0.1) is 0 Å². The van der Waals surface area contributed by atoms with Gasteiger partial charge >= 0.3 is 7.48 Å². The van der Waals surface area contributed by atoms with Crippen molar-refractivity contribution in [3.63, 3.8) is 0 Å². The zero-order valence-electron chi connectivity index (χ0n) is 16.0. The molecule has 1 aromatic heterocycles. The minimum Gasteiger partial charge on any atom is -0.427 e. The Morgan fingerprint density at radius 2 is 1.52 bits per heavy atom. The van der Waals surface area contributed by atoms with E-state index in [9.17, 15) is 5.11 Å². The van der Waals surface area contributed by atoms with Crippen LogP contribution in [0.2, 0.25) is 5.02 Å². The molecule has 0 fully saturated rings. The first kappa shape index (κ1) is 18.8. The summed E-state index contributed by atoms with van der Waals surface area (Å²) in [5.41, 5.74) is -0.517. The Bertz CT molecular complexity index is 1160. The normalized spacial score (nSPS) is 13.0. The molecule has 1 N–H and O–H groups in total. The van der Waals surface area contributed by atoms with E-state index in [1.165, 1.54) is 10.1 Å². The van der Waals surface area contributed by atoms with Gasteiger partial charge in [0.1, 0.15) is 0 Å². The summed E-state index contributed by atoms with van der Waals surface area (Å²) < 4.78 is 8.58. The highest BCUT2D eigenvalue weighted by atomic mass is 35.5. The van der Waals surface area contributed by atoms with Crippen molar-refractivity contribution in [1.29, 1.82) is 0 Å². The first-order valence-corrected chi connectivity index (χ1v) is 10.3. The SMILES string of the molecule is CC(C)(O)C(C)(C)OBc1c2ccccc2c(Cl)c2sc3ccccc3c12. The van der Waals surface area contributed by atoms with Crippen molar-refractivity contribution < 1.29 is 9.76 Å². The van der Waals surface area contributed by atoms with Crippen LogP contribution in [-0.2, 0) is 4.65 Å². The predicted molar refractivity (Wildman–Crippen MR) is 120 cm³/mol. The van der Waals surface area contributed by atoms with Gasteiger partial charge in [-0.15, -0.1) is 11.3 Å². The zero-order valence-corrected chi connectivity index (χ0v) is 17.5. The summed E-state index contributed by atoms with van der Waals surface area (Å²) in [6.07, 6.45) is 0. The van der Waals surface area contributed by atoms with Gasteiger partial charge in [-0.25, -0.2) is 0 Å². The topological polar surface area (TPSA) is 29.5 Å². The third-order valence-corrected chi connectivity index (χ3v) is 7.33. The van der Waals surface area contributed by atoms with E-state index in [0.29, 0.717) is 7.48 Å². The van der Waals surface area contributed by atoms with E-state index in [1.54, 1.807) is 25.2 Å². The van der Waals surface area contributed by atoms with E-state index in [0.717, 1.165) is 31.3 Å². The first-order valence-electron chi connectivity index (χ1n) is 9.07. The second-order valence-corrected chi connectivity index (χ2v) is 9.43. The van der Waals surface area contributed by atoms with Crippen LogP contribution in [0.5, 0.6) is 0 Å². The summed E-state index contributed by atoms with van der Waals surface area (Å²) in [7, 11) is 0.409. The van der Waals surface area contributed by atoms with Gasteiger partial charge in [0.05, 0.1) is 20.9 Å². The van der Waals surface area contributed by atoms with Gasteiger partial charge in [-0.3, -0.25) is 0 Å². The van der Waals surface area contributed by atoms with Gasteiger partial charge in [0.25, 0.3) is 0 Å². The lowest BCUT2D eigenvalue weighted by Crippen LogP contribution is -2.49. The molecule has 0 amide bonds. The highest BCUT2D eigenvalue weighted by Gasteiger charge is 2.36. The molecule has 4 rings (SSSR count). The number of halogens is 1. The number of aliphatic hydroxyl groups is 1. The van der Waals surface area contributed by atoms with E-state index in [4.69, 9.17) is 16.3 Å². The van der Waals surface area contributed by atoms with Crippen molar-refractivity contribution in [3.8, 4) is 0 Å². The van der Waals surface area contributed by atoms with Gasteiger partial charge in [-0.1, -0.05) is 54.1 Å². The molecule has 0 unspecified atom stereocenters. The monoisotopic (exact) mass is 396 g/mol. The molecule has 0 bridgehead atoms. The first-order chi connectivity index (χ1) is 12.7. The number of thiophene rings is 1. The summed E-state index contributed by atoms with van der Waals surface area (Å²) in [4.78, 5) is 0. The molecule has 0 aliphatic carbocycles. The van der Waals surface area contributed by atoms with Crippen LogP contribution in [0.15, 0.2) is 48.5 Å². The molecular formula is C22H22BClO2S. The molecular weight excluding hydrogens is 375 g/mol. The van der Waals surface area contributed by atoms with Crippen LogP contribution < -0.4 is 5.46 Å². The van der Waals surface area contributed by atoms with Gasteiger partial charge in [-0.05, 0) is 55.4 Å². The van der Waals surface area contributed by atoms with Crippen molar-refractivity contribution in [3.05, 3.63) is 53.6 Å². The van der Waals surface area contributed by atoms with Gasteiger partial charge in [0, 0.05) is 10.1 Å². The molecule has 1 heterocycles. The molecule has 0 spiro atoms. The fraction of sp³-hybridized carbons (Fsp3) is 0.273. The number of hydrogen-bond donors (Lipinski definition) is 1. The molecule has 2 nitrogen and oxygen atoms in total. The van der Waals surface area contributed by atoms with E-state index < -0.39 is 11.2 Å². The second kappa shape index (κ2) is 6.49. The van der Waals surface area contributed by atoms with Crippen molar-refractivity contribution >= 4 is 66.8 Å². The predicted octanol–water partition coefficient (Wildman–Crippen LogP) is 5.40. The average molecular weight is 397 g/mol. The molecule has 27 heavy (non-hydrogen) atoms. The quantitative estimate of drug-likeness (QED) is 0.468. The lowest BCUT2D eigenvalue weighted by Gasteiger charge is -2.37. The molecule has 3 aromatic carbocycles. The lowest BCUT2D eigenvalue weighted by atomic mass is 9.78. The van der Waals surface area contributed by atoms with E-state index >= 15 is 0 Å². The summed E-state index contributed by atoms with van der Waals surface area (Å²) in [6, 6.07) is 16.6. The summed E-state index contributed by atoms with van der Waals surface area (Å²) in [6.45, 7) is 7.41. The molecule has 4 aromatic rings. The maximum absolute atomic E-state index is 10.5. The Morgan fingerprint density at radius 1 is 0.926 bits per heavy atom. The largest absolute Gasteiger partial charge is 0.427 e. The molecule has 0 atom stereocenters. The highest BCUT2D eigenvalue weighted by Crippen LogP contribution is 2.40. The van der Waals surface area contributed by atoms with Crippen molar-refractivity contribution in [2.45, 2.75) is 38.9 Å². The molecule has 0 aliphatic heterocycles. The van der Waals surface area contributed by atoms with Crippen LogP contribution in [0.1, 0.15) is 27.7 Å². The third-order valence-electron chi connectivity index (χ3n) is 5.64. The fourth-order valence-corrected chi connectivity index (χ4v) is 4.83. The smallest absolute Gasteiger partial charge is 0.310 e. The van der Waals surface area contributed by atoms with Crippen LogP contribution in [0.4, 0.5) is 0 Å². The van der Waals surface area contributed by atoms with Gasteiger partial charge in [0.2, 0.25) is 0 Å². The Labute approximate surface area is 169 Å². The van der Waals surface area contributed by atoms with Crippen LogP contribution in [0.3, 0.4) is 0 Å². The minimum atomic E-state index is -0.953. The van der Waals surface area contributed by atoms with E-state index in [1.807, 2.05) is 26.0 Å². The fourth-order valence-electron chi connectivity index (χ4n) is 3.27. The number of benzene rings is 3. The third kappa shape index (κ3) is 3.05. The van der Waals surface area contributed by atoms with E-state index in [-0.39, 0.29) is 0 Å². The van der Waals surface area contributed by atoms with Gasteiger partial charge in [0.15, 0.2) is 0 Å². The Morgan fingerprint density at radius 3 is 2.19 bits per heavy atom. The summed E-state index contributed by atoms with van der Waals surface area (Å²) in [5.74, 6) is 0. The van der Waals surface area contributed by atoms with Crippen LogP contribution >= 0.6 is 22.9 Å². The molecule has 5 heteroatoms. The average Bonchev–Trinajstić information content (AvgIpc) is 3.01. The molecule has 0 aliphatic rings. The second-order valence-electron chi connectivity index (χ2n) is 8.00.